The van der Waals surface area contributed by atoms with Crippen molar-refractivity contribution in [1.29, 1.82) is 0 Å². The zero-order chi connectivity index (χ0) is 10.7. The van der Waals surface area contributed by atoms with E-state index < -0.39 is 5.60 Å². The van der Waals surface area contributed by atoms with E-state index in [1.54, 1.807) is 21.1 Å². The van der Waals surface area contributed by atoms with Gasteiger partial charge in [-0.1, -0.05) is 20.8 Å². The Bertz CT molecular complexity index is 143. The van der Waals surface area contributed by atoms with Crippen molar-refractivity contribution in [3.05, 3.63) is 0 Å². The molecule has 0 spiro atoms. The molecule has 0 bridgehead atoms. The Morgan fingerprint density at radius 2 is 1.46 bits per heavy atom. The SMILES string of the molecule is COC(CC(C)(O)C(C)(C)C)OC. The van der Waals surface area contributed by atoms with Gasteiger partial charge in [0.2, 0.25) is 0 Å². The second-order valence-electron chi connectivity index (χ2n) is 4.63. The summed E-state index contributed by atoms with van der Waals surface area (Å²) in [6.07, 6.45) is 0.137. The van der Waals surface area contributed by atoms with Gasteiger partial charge >= 0.3 is 0 Å². The molecule has 3 nitrogen and oxygen atoms in total. The van der Waals surface area contributed by atoms with Gasteiger partial charge in [0.25, 0.3) is 0 Å². The zero-order valence-corrected chi connectivity index (χ0v) is 9.55. The minimum atomic E-state index is -0.788. The van der Waals surface area contributed by atoms with Gasteiger partial charge in [0.1, 0.15) is 0 Å². The highest BCUT2D eigenvalue weighted by atomic mass is 16.7. The topological polar surface area (TPSA) is 38.7 Å². The lowest BCUT2D eigenvalue weighted by molar-refractivity contribution is -0.162. The van der Waals surface area contributed by atoms with E-state index in [-0.39, 0.29) is 11.7 Å². The number of rotatable bonds is 4. The van der Waals surface area contributed by atoms with Gasteiger partial charge in [-0.25, -0.2) is 0 Å². The molecule has 0 heterocycles. The summed E-state index contributed by atoms with van der Waals surface area (Å²) in [6, 6.07) is 0. The molecule has 1 unspecified atom stereocenters. The van der Waals surface area contributed by atoms with E-state index in [2.05, 4.69) is 0 Å². The molecule has 0 aliphatic rings. The molecule has 0 aliphatic heterocycles. The molecule has 0 aromatic rings. The lowest BCUT2D eigenvalue weighted by Gasteiger charge is -2.38. The van der Waals surface area contributed by atoms with E-state index >= 15 is 0 Å². The van der Waals surface area contributed by atoms with Crippen LogP contribution in [0.25, 0.3) is 0 Å². The molecule has 0 radical (unpaired) electrons. The third kappa shape index (κ3) is 3.63. The lowest BCUT2D eigenvalue weighted by atomic mass is 9.76. The van der Waals surface area contributed by atoms with Crippen LogP contribution in [0.1, 0.15) is 34.1 Å². The van der Waals surface area contributed by atoms with Crippen LogP contribution in [-0.2, 0) is 9.47 Å². The average molecular weight is 190 g/mol. The third-order valence-electron chi connectivity index (χ3n) is 2.71. The maximum atomic E-state index is 10.1. The lowest BCUT2D eigenvalue weighted by Crippen LogP contribution is -2.43. The smallest absolute Gasteiger partial charge is 0.159 e. The van der Waals surface area contributed by atoms with E-state index in [1.807, 2.05) is 20.8 Å². The van der Waals surface area contributed by atoms with Gasteiger partial charge in [0.15, 0.2) is 6.29 Å². The quantitative estimate of drug-likeness (QED) is 0.687. The van der Waals surface area contributed by atoms with Gasteiger partial charge in [-0.3, -0.25) is 0 Å². The summed E-state index contributed by atoms with van der Waals surface area (Å²) >= 11 is 0. The van der Waals surface area contributed by atoms with Crippen LogP contribution in [0.2, 0.25) is 0 Å². The summed E-state index contributed by atoms with van der Waals surface area (Å²) in [6.45, 7) is 7.79. The molecule has 0 rings (SSSR count). The Morgan fingerprint density at radius 1 is 1.08 bits per heavy atom. The van der Waals surface area contributed by atoms with Crippen LogP contribution in [0.5, 0.6) is 0 Å². The highest BCUT2D eigenvalue weighted by Crippen LogP contribution is 2.34. The second kappa shape index (κ2) is 4.40. The molecule has 0 saturated heterocycles. The fourth-order valence-electron chi connectivity index (χ4n) is 0.894. The summed E-state index contributed by atoms with van der Waals surface area (Å²) in [7, 11) is 3.15. The molecule has 13 heavy (non-hydrogen) atoms. The molecule has 80 valence electrons. The molecule has 0 saturated carbocycles. The molecular weight excluding hydrogens is 168 g/mol. The fraction of sp³-hybridized carbons (Fsp3) is 1.00. The van der Waals surface area contributed by atoms with Crippen molar-refractivity contribution in [3.63, 3.8) is 0 Å². The van der Waals surface area contributed by atoms with Crippen molar-refractivity contribution >= 4 is 0 Å². The van der Waals surface area contributed by atoms with E-state index in [1.165, 1.54) is 0 Å². The molecule has 0 aromatic heterocycles. The van der Waals surface area contributed by atoms with E-state index in [9.17, 15) is 5.11 Å². The maximum absolute atomic E-state index is 10.1. The van der Waals surface area contributed by atoms with E-state index in [4.69, 9.17) is 9.47 Å². The number of hydrogen-bond donors (Lipinski definition) is 1. The molecule has 0 aromatic carbocycles. The van der Waals surface area contributed by atoms with Crippen LogP contribution in [0.15, 0.2) is 0 Å². The van der Waals surface area contributed by atoms with Gasteiger partial charge in [0.05, 0.1) is 5.60 Å². The fourth-order valence-corrected chi connectivity index (χ4v) is 0.894. The van der Waals surface area contributed by atoms with Crippen LogP contribution in [0.3, 0.4) is 0 Å². The monoisotopic (exact) mass is 190 g/mol. The number of hydrogen-bond acceptors (Lipinski definition) is 3. The Hall–Kier alpha value is -0.120. The zero-order valence-electron chi connectivity index (χ0n) is 9.55. The third-order valence-corrected chi connectivity index (χ3v) is 2.71. The standard InChI is InChI=1S/C10H22O3/c1-9(2,3)10(4,11)7-8(12-5)13-6/h8,11H,7H2,1-6H3. The number of aliphatic hydroxyl groups is 1. The minimum Gasteiger partial charge on any atom is -0.389 e. The molecule has 0 aliphatic carbocycles. The van der Waals surface area contributed by atoms with Gasteiger partial charge in [-0.15, -0.1) is 0 Å². The molecule has 1 atom stereocenters. The summed E-state index contributed by atoms with van der Waals surface area (Å²) < 4.78 is 10.1. The predicted octanol–water partition coefficient (Wildman–Crippen LogP) is 1.79. The number of ether oxygens (including phenoxy) is 2. The molecule has 1 N–H and O–H groups in total. The highest BCUT2D eigenvalue weighted by molar-refractivity contribution is 4.86. The van der Waals surface area contributed by atoms with Gasteiger partial charge < -0.3 is 14.6 Å². The maximum Gasteiger partial charge on any atom is 0.159 e. The summed E-state index contributed by atoms with van der Waals surface area (Å²) in [5.74, 6) is 0. The first kappa shape index (κ1) is 12.9. The summed E-state index contributed by atoms with van der Waals surface area (Å²) in [4.78, 5) is 0. The van der Waals surface area contributed by atoms with E-state index in [0.717, 1.165) is 0 Å². The van der Waals surface area contributed by atoms with Crippen LogP contribution >= 0.6 is 0 Å². The van der Waals surface area contributed by atoms with Crippen LogP contribution in [0, 0.1) is 5.41 Å². The molecule has 0 fully saturated rings. The Kier molecular flexibility index (Phi) is 4.36. The number of methoxy groups -OCH3 is 2. The first-order valence-electron chi connectivity index (χ1n) is 4.52. The van der Waals surface area contributed by atoms with Crippen LogP contribution in [0.4, 0.5) is 0 Å². The highest BCUT2D eigenvalue weighted by Gasteiger charge is 2.37. The van der Waals surface area contributed by atoms with Crippen molar-refractivity contribution in [2.45, 2.75) is 46.0 Å². The predicted molar refractivity (Wildman–Crippen MR) is 52.5 cm³/mol. The van der Waals surface area contributed by atoms with Crippen LogP contribution in [-0.4, -0.2) is 31.2 Å². The minimum absolute atomic E-state index is 0.178. The Balaban J connectivity index is 4.31. The van der Waals surface area contributed by atoms with Crippen molar-refractivity contribution in [3.8, 4) is 0 Å². The van der Waals surface area contributed by atoms with Crippen molar-refractivity contribution in [2.24, 2.45) is 5.41 Å². The van der Waals surface area contributed by atoms with Crippen LogP contribution < -0.4 is 0 Å². The van der Waals surface area contributed by atoms with Gasteiger partial charge in [-0.05, 0) is 12.3 Å². The first-order chi connectivity index (χ1) is 5.74. The van der Waals surface area contributed by atoms with E-state index in [0.29, 0.717) is 6.42 Å². The van der Waals surface area contributed by atoms with Gasteiger partial charge in [-0.2, -0.15) is 0 Å². The van der Waals surface area contributed by atoms with Crippen molar-refractivity contribution in [2.75, 3.05) is 14.2 Å². The normalized spacial score (nSPS) is 17.5. The average Bonchev–Trinajstić information content (AvgIpc) is 1.98. The summed E-state index contributed by atoms with van der Waals surface area (Å²) in [5, 5.41) is 10.1. The molecule has 0 amide bonds. The second-order valence-corrected chi connectivity index (χ2v) is 4.63. The van der Waals surface area contributed by atoms with Crippen molar-refractivity contribution < 1.29 is 14.6 Å². The van der Waals surface area contributed by atoms with Crippen molar-refractivity contribution in [1.82, 2.24) is 0 Å². The Labute approximate surface area is 81.0 Å². The largest absolute Gasteiger partial charge is 0.389 e. The molecule has 3 heteroatoms. The first-order valence-corrected chi connectivity index (χ1v) is 4.52. The Morgan fingerprint density at radius 3 is 1.69 bits per heavy atom. The molecular formula is C10H22O3. The summed E-state index contributed by atoms with van der Waals surface area (Å²) in [5.41, 5.74) is -0.966. The van der Waals surface area contributed by atoms with Gasteiger partial charge in [0, 0.05) is 20.6 Å².